The number of ether oxygens (including phenoxy) is 3. The Hall–Kier alpha value is -1.60. The van der Waals surface area contributed by atoms with Gasteiger partial charge in [-0.3, -0.25) is 4.79 Å². The van der Waals surface area contributed by atoms with E-state index >= 15 is 0 Å². The molecule has 0 aliphatic carbocycles. The Labute approximate surface area is 168 Å². The van der Waals surface area contributed by atoms with E-state index in [1.54, 1.807) is 19.1 Å². The van der Waals surface area contributed by atoms with Crippen LogP contribution in [0.4, 0.5) is 4.39 Å². The lowest BCUT2D eigenvalue weighted by Gasteiger charge is -2.18. The van der Waals surface area contributed by atoms with Gasteiger partial charge in [0.25, 0.3) is 0 Å². The molecule has 0 aliphatic rings. The number of carbonyl (C=O) groups is 1. The third-order valence-electron chi connectivity index (χ3n) is 3.72. The molecule has 2 rings (SSSR count). The topological polar surface area (TPSA) is 44.8 Å². The van der Waals surface area contributed by atoms with E-state index in [0.29, 0.717) is 37.3 Å². The van der Waals surface area contributed by atoms with Crippen LogP contribution in [0.2, 0.25) is 0 Å². The summed E-state index contributed by atoms with van der Waals surface area (Å²) in [5.41, 5.74) is 1.40. The van der Waals surface area contributed by atoms with Crippen molar-refractivity contribution in [2.45, 2.75) is 33.6 Å². The molecule has 140 valence electrons. The van der Waals surface area contributed by atoms with E-state index in [9.17, 15) is 9.18 Å². The fourth-order valence-corrected chi connectivity index (χ4v) is 3.68. The number of rotatable bonds is 5. The Morgan fingerprint density at radius 2 is 1.81 bits per heavy atom. The van der Waals surface area contributed by atoms with Gasteiger partial charge in [0.15, 0.2) is 17.3 Å². The molecule has 0 N–H and O–H groups in total. The molecule has 7 heteroatoms. The van der Waals surface area contributed by atoms with E-state index in [1.807, 2.05) is 13.8 Å². The summed E-state index contributed by atoms with van der Waals surface area (Å²) in [5.74, 6) is 0.571. The highest BCUT2D eigenvalue weighted by Crippen LogP contribution is 2.44. The SMILES string of the molecule is COc1c(F)cc(Oc2c(Br)cc(OC(C)=O)c(C)c2Br)cc1C(C)C. The molecule has 0 atom stereocenters. The molecule has 0 radical (unpaired) electrons. The number of carbonyl (C=O) groups excluding carboxylic acids is 1. The zero-order valence-electron chi connectivity index (χ0n) is 15.1. The van der Waals surface area contributed by atoms with Crippen LogP contribution in [0.5, 0.6) is 23.0 Å². The average Bonchev–Trinajstić information content (AvgIpc) is 2.55. The molecular formula is C19H19Br2FO4. The molecule has 0 spiro atoms. The zero-order valence-corrected chi connectivity index (χ0v) is 18.2. The minimum Gasteiger partial charge on any atom is -0.493 e. The lowest BCUT2D eigenvalue weighted by atomic mass is 10.0. The summed E-state index contributed by atoms with van der Waals surface area (Å²) >= 11 is 6.87. The Morgan fingerprint density at radius 1 is 1.15 bits per heavy atom. The molecule has 0 heterocycles. The van der Waals surface area contributed by atoms with Gasteiger partial charge in [0.05, 0.1) is 16.1 Å². The van der Waals surface area contributed by atoms with Crippen molar-refractivity contribution >= 4 is 37.8 Å². The van der Waals surface area contributed by atoms with Crippen molar-refractivity contribution in [2.24, 2.45) is 0 Å². The maximum absolute atomic E-state index is 14.4. The summed E-state index contributed by atoms with van der Waals surface area (Å²) in [7, 11) is 1.44. The molecule has 0 amide bonds. The van der Waals surface area contributed by atoms with Crippen LogP contribution in [0.1, 0.15) is 37.8 Å². The first-order valence-corrected chi connectivity index (χ1v) is 9.46. The van der Waals surface area contributed by atoms with E-state index in [0.717, 1.165) is 0 Å². The Morgan fingerprint density at radius 3 is 2.35 bits per heavy atom. The Balaban J connectivity index is 2.49. The molecule has 26 heavy (non-hydrogen) atoms. The van der Waals surface area contributed by atoms with Gasteiger partial charge in [-0.1, -0.05) is 13.8 Å². The summed E-state index contributed by atoms with van der Waals surface area (Å²) in [6.07, 6.45) is 0. The largest absolute Gasteiger partial charge is 0.493 e. The van der Waals surface area contributed by atoms with Crippen LogP contribution in [-0.4, -0.2) is 13.1 Å². The molecule has 0 fully saturated rings. The van der Waals surface area contributed by atoms with Crippen molar-refractivity contribution in [1.29, 1.82) is 0 Å². The van der Waals surface area contributed by atoms with Crippen LogP contribution >= 0.6 is 31.9 Å². The fraction of sp³-hybridized carbons (Fsp3) is 0.316. The molecule has 0 saturated heterocycles. The van der Waals surface area contributed by atoms with Crippen molar-refractivity contribution in [2.75, 3.05) is 7.11 Å². The highest BCUT2D eigenvalue weighted by Gasteiger charge is 2.19. The summed E-state index contributed by atoms with van der Waals surface area (Å²) in [6, 6.07) is 4.67. The zero-order chi connectivity index (χ0) is 19.6. The Kier molecular flexibility index (Phi) is 6.69. The van der Waals surface area contributed by atoms with E-state index in [4.69, 9.17) is 14.2 Å². The Bertz CT molecular complexity index is 850. The fourth-order valence-electron chi connectivity index (χ4n) is 2.44. The van der Waals surface area contributed by atoms with E-state index in [1.165, 1.54) is 20.1 Å². The summed E-state index contributed by atoms with van der Waals surface area (Å²) in [5, 5.41) is 0. The van der Waals surface area contributed by atoms with Crippen LogP contribution in [0.15, 0.2) is 27.1 Å². The monoisotopic (exact) mass is 488 g/mol. The maximum atomic E-state index is 14.4. The van der Waals surface area contributed by atoms with Crippen LogP contribution in [0.25, 0.3) is 0 Å². The van der Waals surface area contributed by atoms with Crippen LogP contribution in [0, 0.1) is 12.7 Å². The van der Waals surface area contributed by atoms with Crippen molar-refractivity contribution in [1.82, 2.24) is 0 Å². The molecule has 0 unspecified atom stereocenters. The molecule has 0 aromatic heterocycles. The van der Waals surface area contributed by atoms with E-state index in [2.05, 4.69) is 31.9 Å². The number of esters is 1. The van der Waals surface area contributed by atoms with Gasteiger partial charge in [0.2, 0.25) is 0 Å². The first kappa shape index (κ1) is 20.7. The van der Waals surface area contributed by atoms with Gasteiger partial charge in [-0.2, -0.15) is 0 Å². The lowest BCUT2D eigenvalue weighted by molar-refractivity contribution is -0.131. The number of methoxy groups -OCH3 is 1. The summed E-state index contributed by atoms with van der Waals surface area (Å²) in [4.78, 5) is 11.2. The van der Waals surface area contributed by atoms with Gasteiger partial charge in [0.1, 0.15) is 11.5 Å². The third-order valence-corrected chi connectivity index (χ3v) is 5.26. The second kappa shape index (κ2) is 8.39. The normalized spacial score (nSPS) is 10.8. The number of hydrogen-bond donors (Lipinski definition) is 0. The van der Waals surface area contributed by atoms with Gasteiger partial charge in [-0.15, -0.1) is 0 Å². The molecule has 2 aromatic rings. The number of halogens is 3. The van der Waals surface area contributed by atoms with E-state index in [-0.39, 0.29) is 11.7 Å². The molecule has 4 nitrogen and oxygen atoms in total. The minimum atomic E-state index is -0.491. The molecule has 0 bridgehead atoms. The van der Waals surface area contributed by atoms with Gasteiger partial charge in [-0.25, -0.2) is 4.39 Å². The second-order valence-corrected chi connectivity index (χ2v) is 7.65. The predicted octanol–water partition coefficient (Wildman–Crippen LogP) is 6.51. The standard InChI is InChI=1S/C19H19Br2FO4/c1-9(2)13-6-12(7-15(22)18(13)24-5)26-19-14(20)8-16(25-11(4)23)10(3)17(19)21/h6-9H,1-5H3. The third kappa shape index (κ3) is 4.38. The lowest BCUT2D eigenvalue weighted by Crippen LogP contribution is -2.04. The minimum absolute atomic E-state index is 0.0583. The van der Waals surface area contributed by atoms with Gasteiger partial charge >= 0.3 is 5.97 Å². The highest BCUT2D eigenvalue weighted by atomic mass is 79.9. The second-order valence-electron chi connectivity index (χ2n) is 6.00. The molecular weight excluding hydrogens is 471 g/mol. The maximum Gasteiger partial charge on any atom is 0.308 e. The summed E-state index contributed by atoms with van der Waals surface area (Å²) < 4.78 is 31.8. The molecule has 2 aromatic carbocycles. The predicted molar refractivity (Wildman–Crippen MR) is 105 cm³/mol. The van der Waals surface area contributed by atoms with E-state index < -0.39 is 11.8 Å². The van der Waals surface area contributed by atoms with Crippen molar-refractivity contribution in [3.05, 3.63) is 44.1 Å². The molecule has 0 saturated carbocycles. The quantitative estimate of drug-likeness (QED) is 0.354. The number of hydrogen-bond acceptors (Lipinski definition) is 4. The van der Waals surface area contributed by atoms with Crippen LogP contribution in [-0.2, 0) is 4.79 Å². The van der Waals surface area contributed by atoms with Crippen molar-refractivity contribution in [3.63, 3.8) is 0 Å². The first-order valence-electron chi connectivity index (χ1n) is 7.88. The highest BCUT2D eigenvalue weighted by molar-refractivity contribution is 9.11. The number of benzene rings is 2. The van der Waals surface area contributed by atoms with Gasteiger partial charge in [-0.05, 0) is 56.8 Å². The van der Waals surface area contributed by atoms with Crippen molar-refractivity contribution < 1.29 is 23.4 Å². The first-order chi connectivity index (χ1) is 12.1. The van der Waals surface area contributed by atoms with Crippen molar-refractivity contribution in [3.8, 4) is 23.0 Å². The van der Waals surface area contributed by atoms with Crippen LogP contribution < -0.4 is 14.2 Å². The average molecular weight is 490 g/mol. The van der Waals surface area contributed by atoms with Gasteiger partial charge < -0.3 is 14.2 Å². The molecule has 0 aliphatic heterocycles. The van der Waals surface area contributed by atoms with Gasteiger partial charge in [0, 0.05) is 24.1 Å². The summed E-state index contributed by atoms with van der Waals surface area (Å²) in [6.45, 7) is 7.02. The smallest absolute Gasteiger partial charge is 0.308 e. The van der Waals surface area contributed by atoms with Crippen LogP contribution in [0.3, 0.4) is 0 Å².